The van der Waals surface area contributed by atoms with Crippen LogP contribution >= 0.6 is 0 Å². The molecule has 6 heteroatoms. The Morgan fingerprint density at radius 3 is 2.75 bits per heavy atom. The lowest BCUT2D eigenvalue weighted by Gasteiger charge is -2.31. The van der Waals surface area contributed by atoms with Gasteiger partial charge in [0, 0.05) is 17.6 Å². The molecule has 1 fully saturated rings. The summed E-state index contributed by atoms with van der Waals surface area (Å²) in [4.78, 5) is 26.8. The van der Waals surface area contributed by atoms with Gasteiger partial charge in [0.05, 0.1) is 17.7 Å². The molecule has 1 aromatic carbocycles. The second-order valence-corrected chi connectivity index (χ2v) is 6.63. The Bertz CT molecular complexity index is 785. The molecule has 0 saturated heterocycles. The maximum atomic E-state index is 12.3. The third kappa shape index (κ3) is 3.59. The van der Waals surface area contributed by atoms with Crippen molar-refractivity contribution in [1.82, 2.24) is 9.55 Å². The average molecular weight is 329 g/mol. The minimum absolute atomic E-state index is 0.111. The summed E-state index contributed by atoms with van der Waals surface area (Å²) in [5, 5.41) is 13.3. The maximum Gasteiger partial charge on any atom is 0.330 e. The van der Waals surface area contributed by atoms with Gasteiger partial charge in [-0.1, -0.05) is 25.3 Å². The fourth-order valence-electron chi connectivity index (χ4n) is 3.39. The number of benzene rings is 1. The summed E-state index contributed by atoms with van der Waals surface area (Å²) in [6, 6.07) is 7.14. The molecular formula is C18H23N3O3. The van der Waals surface area contributed by atoms with Crippen molar-refractivity contribution in [3.8, 4) is 5.69 Å². The molecule has 1 aromatic heterocycles. The third-order valence-electron chi connectivity index (χ3n) is 4.62. The van der Waals surface area contributed by atoms with E-state index in [9.17, 15) is 14.7 Å². The van der Waals surface area contributed by atoms with E-state index in [-0.39, 0.29) is 18.0 Å². The van der Waals surface area contributed by atoms with E-state index in [0.717, 1.165) is 25.0 Å². The molecule has 3 rings (SSSR count). The number of aryl methyl sites for hydroxylation is 1. The molecule has 1 heterocycles. The van der Waals surface area contributed by atoms with Crippen LogP contribution in [0.4, 0.5) is 5.69 Å². The molecule has 24 heavy (non-hydrogen) atoms. The molecule has 1 aliphatic carbocycles. The normalized spacial score (nSPS) is 16.8. The van der Waals surface area contributed by atoms with Gasteiger partial charge < -0.3 is 15.4 Å². The number of carbonyl (C=O) groups excluding carboxylic acids is 1. The fourth-order valence-corrected chi connectivity index (χ4v) is 3.39. The van der Waals surface area contributed by atoms with E-state index in [4.69, 9.17) is 0 Å². The van der Waals surface area contributed by atoms with Crippen molar-refractivity contribution in [2.45, 2.75) is 51.0 Å². The van der Waals surface area contributed by atoms with Gasteiger partial charge in [-0.15, -0.1) is 0 Å². The van der Waals surface area contributed by atoms with Gasteiger partial charge in [-0.05, 0) is 38.0 Å². The summed E-state index contributed by atoms with van der Waals surface area (Å²) in [5.41, 5.74) is 0.999. The largest absolute Gasteiger partial charge is 0.389 e. The lowest BCUT2D eigenvalue weighted by atomic mass is 9.82. The van der Waals surface area contributed by atoms with Crippen molar-refractivity contribution >= 4 is 11.6 Å². The Kier molecular flexibility index (Phi) is 4.57. The summed E-state index contributed by atoms with van der Waals surface area (Å²) in [7, 11) is 0. The number of rotatable bonds is 4. The lowest BCUT2D eigenvalue weighted by molar-refractivity contribution is -0.122. The van der Waals surface area contributed by atoms with Crippen LogP contribution in [0, 0.1) is 6.92 Å². The predicted molar refractivity (Wildman–Crippen MR) is 92.4 cm³/mol. The van der Waals surface area contributed by atoms with Crippen molar-refractivity contribution < 1.29 is 9.90 Å². The van der Waals surface area contributed by atoms with Crippen LogP contribution in [0.25, 0.3) is 5.69 Å². The van der Waals surface area contributed by atoms with E-state index < -0.39 is 5.60 Å². The van der Waals surface area contributed by atoms with Crippen molar-refractivity contribution in [1.29, 1.82) is 0 Å². The molecule has 0 aliphatic heterocycles. The molecule has 1 aliphatic rings. The monoisotopic (exact) mass is 329 g/mol. The van der Waals surface area contributed by atoms with Crippen LogP contribution in [0.1, 0.15) is 44.2 Å². The van der Waals surface area contributed by atoms with Crippen molar-refractivity contribution in [3.63, 3.8) is 0 Å². The highest BCUT2D eigenvalue weighted by atomic mass is 16.3. The van der Waals surface area contributed by atoms with E-state index in [1.54, 1.807) is 29.0 Å². The number of imidazole rings is 1. The molecular weight excluding hydrogens is 306 g/mol. The predicted octanol–water partition coefficient (Wildman–Crippen LogP) is 2.50. The number of aromatic amines is 1. The fraction of sp³-hybridized carbons (Fsp3) is 0.444. The number of hydrogen-bond donors (Lipinski definition) is 3. The topological polar surface area (TPSA) is 87.1 Å². The molecule has 1 saturated carbocycles. The zero-order chi connectivity index (χ0) is 17.2. The molecule has 0 spiro atoms. The highest BCUT2D eigenvalue weighted by Gasteiger charge is 2.31. The number of carbonyl (C=O) groups is 1. The molecule has 0 bridgehead atoms. The third-order valence-corrected chi connectivity index (χ3v) is 4.62. The molecule has 128 valence electrons. The molecule has 6 nitrogen and oxygen atoms in total. The van der Waals surface area contributed by atoms with Gasteiger partial charge in [0.25, 0.3) is 0 Å². The first-order chi connectivity index (χ1) is 11.5. The van der Waals surface area contributed by atoms with Gasteiger partial charge in [0.2, 0.25) is 5.91 Å². The van der Waals surface area contributed by atoms with Crippen LogP contribution < -0.4 is 11.0 Å². The number of nitrogens with zero attached hydrogens (tertiary/aromatic N) is 1. The molecule has 0 atom stereocenters. The Morgan fingerprint density at radius 1 is 1.33 bits per heavy atom. The Labute approximate surface area is 140 Å². The number of aromatic nitrogens is 2. The van der Waals surface area contributed by atoms with E-state index in [0.29, 0.717) is 24.2 Å². The van der Waals surface area contributed by atoms with Gasteiger partial charge in [0.15, 0.2) is 0 Å². The molecule has 0 radical (unpaired) electrons. The van der Waals surface area contributed by atoms with Gasteiger partial charge >= 0.3 is 5.69 Å². The number of hydrogen-bond acceptors (Lipinski definition) is 3. The molecule has 3 N–H and O–H groups in total. The van der Waals surface area contributed by atoms with Crippen LogP contribution in [0.2, 0.25) is 0 Å². The zero-order valence-electron chi connectivity index (χ0n) is 13.8. The summed E-state index contributed by atoms with van der Waals surface area (Å²) >= 11 is 0. The van der Waals surface area contributed by atoms with E-state index in [2.05, 4.69) is 10.3 Å². The van der Waals surface area contributed by atoms with Gasteiger partial charge in [-0.3, -0.25) is 9.36 Å². The summed E-state index contributed by atoms with van der Waals surface area (Å²) in [6.07, 6.45) is 6.17. The van der Waals surface area contributed by atoms with E-state index >= 15 is 0 Å². The Balaban J connectivity index is 1.73. The van der Waals surface area contributed by atoms with Crippen molar-refractivity contribution in [2.75, 3.05) is 5.32 Å². The number of anilines is 1. The first-order valence-corrected chi connectivity index (χ1v) is 8.37. The van der Waals surface area contributed by atoms with Gasteiger partial charge in [0.1, 0.15) is 0 Å². The number of H-pyrrole nitrogens is 1. The highest BCUT2D eigenvalue weighted by molar-refractivity contribution is 5.91. The number of nitrogens with one attached hydrogen (secondary N) is 2. The smallest absolute Gasteiger partial charge is 0.330 e. The highest BCUT2D eigenvalue weighted by Crippen LogP contribution is 2.31. The maximum absolute atomic E-state index is 12.3. The van der Waals surface area contributed by atoms with Gasteiger partial charge in [-0.25, -0.2) is 4.79 Å². The van der Waals surface area contributed by atoms with Crippen LogP contribution in [0.5, 0.6) is 0 Å². The molecule has 0 unspecified atom stereocenters. The average Bonchev–Trinajstić information content (AvgIpc) is 2.86. The summed E-state index contributed by atoms with van der Waals surface area (Å²) in [6.45, 7) is 1.84. The lowest BCUT2D eigenvalue weighted by Crippen LogP contribution is -2.35. The van der Waals surface area contributed by atoms with Crippen LogP contribution in [-0.2, 0) is 4.79 Å². The second kappa shape index (κ2) is 6.65. The van der Waals surface area contributed by atoms with Crippen LogP contribution in [-0.4, -0.2) is 26.2 Å². The van der Waals surface area contributed by atoms with Crippen LogP contribution in [0.3, 0.4) is 0 Å². The SMILES string of the molecule is Cc1c[nH]c(=O)n1-c1cccc(NC(=O)CC2(O)CCCCC2)c1. The number of aliphatic hydroxyl groups is 1. The minimum Gasteiger partial charge on any atom is -0.389 e. The summed E-state index contributed by atoms with van der Waals surface area (Å²) < 4.78 is 1.55. The first-order valence-electron chi connectivity index (χ1n) is 8.37. The number of amides is 1. The summed E-state index contributed by atoms with van der Waals surface area (Å²) in [5.74, 6) is -0.199. The second-order valence-electron chi connectivity index (χ2n) is 6.63. The Morgan fingerprint density at radius 2 is 2.08 bits per heavy atom. The van der Waals surface area contributed by atoms with Gasteiger partial charge in [-0.2, -0.15) is 0 Å². The zero-order valence-corrected chi connectivity index (χ0v) is 13.8. The Hall–Kier alpha value is -2.34. The standard InChI is InChI=1S/C18H23N3O3/c1-13-12-19-17(23)21(13)15-7-5-6-14(10-15)20-16(22)11-18(24)8-3-2-4-9-18/h5-7,10,12,24H,2-4,8-9,11H2,1H3,(H,19,23)(H,20,22). The van der Waals surface area contributed by atoms with E-state index in [1.165, 1.54) is 0 Å². The van der Waals surface area contributed by atoms with Crippen molar-refractivity contribution in [2.24, 2.45) is 0 Å². The molecule has 1 amide bonds. The van der Waals surface area contributed by atoms with Crippen molar-refractivity contribution in [3.05, 3.63) is 46.6 Å². The molecule has 2 aromatic rings. The minimum atomic E-state index is -0.881. The van der Waals surface area contributed by atoms with Crippen LogP contribution in [0.15, 0.2) is 35.3 Å². The first kappa shape index (κ1) is 16.5. The quantitative estimate of drug-likeness (QED) is 0.805. The van der Waals surface area contributed by atoms with E-state index in [1.807, 2.05) is 13.0 Å².